The molecule has 0 atom stereocenters. The van der Waals surface area contributed by atoms with Gasteiger partial charge in [-0.15, -0.1) is 11.8 Å². The molecule has 0 aliphatic rings. The lowest BCUT2D eigenvalue weighted by Crippen LogP contribution is -2.32. The summed E-state index contributed by atoms with van der Waals surface area (Å²) in [6.07, 6.45) is 0.617. The largest absolute Gasteiger partial charge is 0.355 e. The van der Waals surface area contributed by atoms with Crippen molar-refractivity contribution in [3.05, 3.63) is 65.2 Å². The summed E-state index contributed by atoms with van der Waals surface area (Å²) in [6, 6.07) is 17.1. The number of rotatable bonds is 9. The number of hydrogen-bond acceptors (Lipinski definition) is 3. The summed E-state index contributed by atoms with van der Waals surface area (Å²) in [4.78, 5) is 24.6. The average Bonchev–Trinajstić information content (AvgIpc) is 2.61. The van der Waals surface area contributed by atoms with E-state index in [2.05, 4.69) is 10.6 Å². The zero-order valence-electron chi connectivity index (χ0n) is 13.8. The molecule has 6 heteroatoms. The highest BCUT2D eigenvalue weighted by molar-refractivity contribution is 7.99. The summed E-state index contributed by atoms with van der Waals surface area (Å²) in [5, 5.41) is 6.33. The summed E-state index contributed by atoms with van der Waals surface area (Å²) in [5.41, 5.74) is 0.962. The monoisotopic (exact) mass is 376 g/mol. The van der Waals surface area contributed by atoms with Gasteiger partial charge in [0, 0.05) is 35.2 Å². The lowest BCUT2D eigenvalue weighted by molar-refractivity contribution is -0.121. The fourth-order valence-corrected chi connectivity index (χ4v) is 3.03. The van der Waals surface area contributed by atoms with Crippen molar-refractivity contribution < 1.29 is 9.59 Å². The highest BCUT2D eigenvalue weighted by Gasteiger charge is 2.05. The van der Waals surface area contributed by atoms with Crippen LogP contribution >= 0.6 is 23.4 Å². The smallest absolute Gasteiger partial charge is 0.224 e. The van der Waals surface area contributed by atoms with Crippen LogP contribution < -0.4 is 10.6 Å². The van der Waals surface area contributed by atoms with E-state index in [0.29, 0.717) is 24.5 Å². The van der Waals surface area contributed by atoms with Gasteiger partial charge in [0.05, 0.1) is 6.42 Å². The van der Waals surface area contributed by atoms with Gasteiger partial charge in [-0.25, -0.2) is 0 Å². The number of halogens is 1. The fourth-order valence-electron chi connectivity index (χ4n) is 2.14. The SMILES string of the molecule is O=C(CCNC(=O)Cc1ccccc1)NCCSc1ccc(Cl)cc1. The van der Waals surface area contributed by atoms with Crippen molar-refractivity contribution in [2.75, 3.05) is 18.8 Å². The maximum absolute atomic E-state index is 11.8. The molecule has 0 radical (unpaired) electrons. The molecule has 2 rings (SSSR count). The van der Waals surface area contributed by atoms with Crippen LogP contribution in [0.3, 0.4) is 0 Å². The first kappa shape index (κ1) is 19.3. The van der Waals surface area contributed by atoms with Crippen LogP contribution in [0.25, 0.3) is 0 Å². The number of benzene rings is 2. The van der Waals surface area contributed by atoms with Gasteiger partial charge in [0.15, 0.2) is 0 Å². The van der Waals surface area contributed by atoms with Crippen LogP contribution in [0, 0.1) is 0 Å². The molecule has 0 aliphatic heterocycles. The maximum Gasteiger partial charge on any atom is 0.224 e. The average molecular weight is 377 g/mol. The number of carbonyl (C=O) groups is 2. The molecule has 0 bridgehead atoms. The zero-order valence-corrected chi connectivity index (χ0v) is 15.4. The predicted molar refractivity (Wildman–Crippen MR) is 103 cm³/mol. The maximum atomic E-state index is 11.8. The number of amides is 2. The summed E-state index contributed by atoms with van der Waals surface area (Å²) in [7, 11) is 0. The standard InChI is InChI=1S/C19H21ClN2O2S/c20-16-6-8-17(9-7-16)25-13-12-22-18(23)10-11-21-19(24)14-15-4-2-1-3-5-15/h1-9H,10-14H2,(H,21,24)(H,22,23). The third-order valence-corrected chi connectivity index (χ3v) is 4.65. The van der Waals surface area contributed by atoms with E-state index in [9.17, 15) is 9.59 Å². The Labute approximate surface area is 157 Å². The van der Waals surface area contributed by atoms with Crippen LogP contribution in [-0.4, -0.2) is 30.7 Å². The molecular weight excluding hydrogens is 356 g/mol. The van der Waals surface area contributed by atoms with Gasteiger partial charge < -0.3 is 10.6 Å². The molecule has 0 aliphatic carbocycles. The molecule has 0 unspecified atom stereocenters. The van der Waals surface area contributed by atoms with E-state index in [-0.39, 0.29) is 18.2 Å². The van der Waals surface area contributed by atoms with Crippen molar-refractivity contribution in [3.63, 3.8) is 0 Å². The molecule has 2 aromatic carbocycles. The molecular formula is C19H21ClN2O2S. The molecule has 2 amide bonds. The Bertz CT molecular complexity index is 678. The Balaban J connectivity index is 1.53. The Morgan fingerprint density at radius 1 is 0.880 bits per heavy atom. The zero-order chi connectivity index (χ0) is 17.9. The Kier molecular flexibility index (Phi) is 8.35. The van der Waals surface area contributed by atoms with Crippen LogP contribution in [0.15, 0.2) is 59.5 Å². The van der Waals surface area contributed by atoms with E-state index >= 15 is 0 Å². The summed E-state index contributed by atoms with van der Waals surface area (Å²) < 4.78 is 0. The molecule has 0 heterocycles. The van der Waals surface area contributed by atoms with Crippen molar-refractivity contribution >= 4 is 35.2 Å². The molecule has 0 saturated carbocycles. The second-order valence-corrected chi connectivity index (χ2v) is 7.02. The number of carbonyl (C=O) groups excluding carboxylic acids is 2. The number of hydrogen-bond donors (Lipinski definition) is 2. The molecule has 0 saturated heterocycles. The van der Waals surface area contributed by atoms with Crippen molar-refractivity contribution in [3.8, 4) is 0 Å². The van der Waals surface area contributed by atoms with E-state index in [4.69, 9.17) is 11.6 Å². The van der Waals surface area contributed by atoms with E-state index in [1.54, 1.807) is 11.8 Å². The first-order valence-corrected chi connectivity index (χ1v) is 9.45. The van der Waals surface area contributed by atoms with Gasteiger partial charge in [0.25, 0.3) is 0 Å². The van der Waals surface area contributed by atoms with E-state index in [0.717, 1.165) is 16.2 Å². The van der Waals surface area contributed by atoms with Gasteiger partial charge in [0.1, 0.15) is 0 Å². The minimum Gasteiger partial charge on any atom is -0.355 e. The molecule has 0 aromatic heterocycles. The van der Waals surface area contributed by atoms with E-state index < -0.39 is 0 Å². The Morgan fingerprint density at radius 3 is 2.28 bits per heavy atom. The molecule has 4 nitrogen and oxygen atoms in total. The molecule has 0 spiro atoms. The fraction of sp³-hybridized carbons (Fsp3) is 0.263. The molecule has 0 fully saturated rings. The molecule has 132 valence electrons. The summed E-state index contributed by atoms with van der Waals surface area (Å²) in [6.45, 7) is 0.936. The summed E-state index contributed by atoms with van der Waals surface area (Å²) in [5.74, 6) is 0.655. The van der Waals surface area contributed by atoms with Crippen molar-refractivity contribution in [1.82, 2.24) is 10.6 Å². The first-order chi connectivity index (χ1) is 12.1. The van der Waals surface area contributed by atoms with Crippen molar-refractivity contribution in [1.29, 1.82) is 0 Å². The van der Waals surface area contributed by atoms with Gasteiger partial charge in [-0.1, -0.05) is 41.9 Å². The van der Waals surface area contributed by atoms with E-state index in [1.807, 2.05) is 54.6 Å². The quantitative estimate of drug-likeness (QED) is 0.521. The lowest BCUT2D eigenvalue weighted by Gasteiger charge is -2.07. The first-order valence-electron chi connectivity index (χ1n) is 8.09. The predicted octanol–water partition coefficient (Wildman–Crippen LogP) is 3.30. The summed E-state index contributed by atoms with van der Waals surface area (Å²) >= 11 is 7.49. The topological polar surface area (TPSA) is 58.2 Å². The van der Waals surface area contributed by atoms with E-state index in [1.165, 1.54) is 0 Å². The minimum atomic E-state index is -0.0720. The third-order valence-electron chi connectivity index (χ3n) is 3.39. The van der Waals surface area contributed by atoms with Gasteiger partial charge >= 0.3 is 0 Å². The van der Waals surface area contributed by atoms with Crippen LogP contribution in [0.1, 0.15) is 12.0 Å². The van der Waals surface area contributed by atoms with Crippen LogP contribution in [0.5, 0.6) is 0 Å². The minimum absolute atomic E-state index is 0.0586. The number of nitrogens with one attached hydrogen (secondary N) is 2. The molecule has 2 aromatic rings. The van der Waals surface area contributed by atoms with Crippen molar-refractivity contribution in [2.45, 2.75) is 17.7 Å². The highest BCUT2D eigenvalue weighted by Crippen LogP contribution is 2.19. The molecule has 25 heavy (non-hydrogen) atoms. The van der Waals surface area contributed by atoms with Crippen molar-refractivity contribution in [2.24, 2.45) is 0 Å². The second kappa shape index (κ2) is 10.8. The van der Waals surface area contributed by atoms with Crippen LogP contribution in [0.2, 0.25) is 5.02 Å². The molecule has 2 N–H and O–H groups in total. The normalized spacial score (nSPS) is 10.3. The highest BCUT2D eigenvalue weighted by atomic mass is 35.5. The van der Waals surface area contributed by atoms with Gasteiger partial charge in [-0.2, -0.15) is 0 Å². The third kappa shape index (κ3) is 8.09. The van der Waals surface area contributed by atoms with Gasteiger partial charge in [-0.3, -0.25) is 9.59 Å². The Hall–Kier alpha value is -1.98. The van der Waals surface area contributed by atoms with Crippen LogP contribution in [-0.2, 0) is 16.0 Å². The lowest BCUT2D eigenvalue weighted by atomic mass is 10.1. The Morgan fingerprint density at radius 2 is 1.56 bits per heavy atom. The van der Waals surface area contributed by atoms with Gasteiger partial charge in [0.2, 0.25) is 11.8 Å². The van der Waals surface area contributed by atoms with Crippen LogP contribution in [0.4, 0.5) is 0 Å². The van der Waals surface area contributed by atoms with Gasteiger partial charge in [-0.05, 0) is 29.8 Å². The number of thioether (sulfide) groups is 1. The second-order valence-electron chi connectivity index (χ2n) is 5.41.